The molecule has 1 saturated heterocycles. The van der Waals surface area contributed by atoms with Gasteiger partial charge in [-0.25, -0.2) is 4.79 Å². The number of hydrogen-bond donors (Lipinski definition) is 2. The summed E-state index contributed by atoms with van der Waals surface area (Å²) in [7, 11) is 4.11. The monoisotopic (exact) mass is 414 g/mol. The molecule has 6 heteroatoms. The Balaban J connectivity index is 1.54. The Kier molecular flexibility index (Phi) is 8.09. The Labute approximate surface area is 179 Å². The van der Waals surface area contributed by atoms with E-state index >= 15 is 0 Å². The average molecular weight is 415 g/mol. The van der Waals surface area contributed by atoms with E-state index in [1.807, 2.05) is 0 Å². The van der Waals surface area contributed by atoms with Gasteiger partial charge in [-0.1, -0.05) is 37.3 Å². The van der Waals surface area contributed by atoms with Crippen molar-refractivity contribution in [3.8, 4) is 0 Å². The van der Waals surface area contributed by atoms with E-state index in [-0.39, 0.29) is 18.1 Å². The maximum Gasteiger partial charge on any atom is 0.314 e. The third-order valence-corrected chi connectivity index (χ3v) is 6.73. The molecule has 2 aromatic rings. The minimum absolute atomic E-state index is 0.0946. The lowest BCUT2D eigenvalue weighted by atomic mass is 10.0. The van der Waals surface area contributed by atoms with Crippen LogP contribution in [0.25, 0.3) is 0 Å². The number of carbonyl (C=O) groups excluding carboxylic acids is 1. The molecule has 2 heterocycles. The molecule has 0 aliphatic carbocycles. The summed E-state index contributed by atoms with van der Waals surface area (Å²) < 4.78 is 0. The van der Waals surface area contributed by atoms with Crippen LogP contribution in [0.1, 0.15) is 47.9 Å². The van der Waals surface area contributed by atoms with E-state index in [1.54, 1.807) is 11.3 Å². The normalized spacial score (nSPS) is 16.7. The lowest BCUT2D eigenvalue weighted by Gasteiger charge is -2.28. The number of likely N-dealkylation sites (N-methyl/N-ethyl adjacent to an activating group) is 1. The fraction of sp³-hybridized carbons (Fsp3) is 0.522. The van der Waals surface area contributed by atoms with Crippen molar-refractivity contribution >= 4 is 17.4 Å². The van der Waals surface area contributed by atoms with Crippen LogP contribution < -0.4 is 10.6 Å². The molecular formula is C23H34N4OS. The van der Waals surface area contributed by atoms with Gasteiger partial charge in [0.05, 0.1) is 12.1 Å². The number of nitrogens with zero attached hydrogens (tertiary/aromatic N) is 2. The Morgan fingerprint density at radius 1 is 1.10 bits per heavy atom. The van der Waals surface area contributed by atoms with Crippen molar-refractivity contribution in [2.24, 2.45) is 0 Å². The van der Waals surface area contributed by atoms with Gasteiger partial charge in [0.1, 0.15) is 0 Å². The van der Waals surface area contributed by atoms with E-state index in [2.05, 4.69) is 83.2 Å². The van der Waals surface area contributed by atoms with Crippen LogP contribution in [-0.4, -0.2) is 56.1 Å². The standard InChI is InChI=1S/C23H34N4OS/c1-4-18-9-11-19(12-10-18)20(26(2)3)16-24-23(28)25-17-21(22-8-7-15-29-22)27-13-5-6-14-27/h7-12,15,20-21H,4-6,13-14,16-17H2,1-3H3,(H2,24,25,28). The zero-order valence-electron chi connectivity index (χ0n) is 17.9. The van der Waals surface area contributed by atoms with Gasteiger partial charge in [0.25, 0.3) is 0 Å². The van der Waals surface area contributed by atoms with Crippen LogP contribution in [0.5, 0.6) is 0 Å². The predicted molar refractivity (Wildman–Crippen MR) is 122 cm³/mol. The SMILES string of the molecule is CCc1ccc(C(CNC(=O)NCC(c2cccs2)N2CCCC2)N(C)C)cc1. The van der Waals surface area contributed by atoms with Crippen molar-refractivity contribution in [2.75, 3.05) is 40.3 Å². The summed E-state index contributed by atoms with van der Waals surface area (Å²) in [6.45, 7) is 5.61. The van der Waals surface area contributed by atoms with Gasteiger partial charge in [0.2, 0.25) is 0 Å². The average Bonchev–Trinajstić information content (AvgIpc) is 3.43. The molecule has 0 spiro atoms. The second kappa shape index (κ2) is 10.8. The first-order valence-electron chi connectivity index (χ1n) is 10.6. The molecule has 2 unspecified atom stereocenters. The van der Waals surface area contributed by atoms with E-state index in [0.717, 1.165) is 19.5 Å². The van der Waals surface area contributed by atoms with Gasteiger partial charge in [-0.2, -0.15) is 0 Å². The molecule has 0 bridgehead atoms. The Bertz CT molecular complexity index is 739. The van der Waals surface area contributed by atoms with Crippen LogP contribution in [0.3, 0.4) is 0 Å². The molecule has 29 heavy (non-hydrogen) atoms. The second-order valence-corrected chi connectivity index (χ2v) is 8.92. The third-order valence-electron chi connectivity index (χ3n) is 5.76. The van der Waals surface area contributed by atoms with Crippen LogP contribution in [0, 0.1) is 0 Å². The fourth-order valence-corrected chi connectivity index (χ4v) is 4.82. The van der Waals surface area contributed by atoms with Crippen LogP contribution in [-0.2, 0) is 6.42 Å². The van der Waals surface area contributed by atoms with Gasteiger partial charge in [0.15, 0.2) is 0 Å². The number of amides is 2. The fourth-order valence-electron chi connectivity index (χ4n) is 3.96. The first kappa shape index (κ1) is 21.8. The smallest absolute Gasteiger partial charge is 0.314 e. The van der Waals surface area contributed by atoms with Gasteiger partial charge in [0, 0.05) is 18.0 Å². The summed E-state index contributed by atoms with van der Waals surface area (Å²) in [5.74, 6) is 0. The molecule has 2 N–H and O–H groups in total. The quantitative estimate of drug-likeness (QED) is 0.651. The number of likely N-dealkylation sites (tertiary alicyclic amines) is 1. The van der Waals surface area contributed by atoms with Gasteiger partial charge in [-0.3, -0.25) is 4.90 Å². The first-order chi connectivity index (χ1) is 14.1. The molecule has 2 atom stereocenters. The molecule has 2 amide bonds. The number of benzene rings is 1. The van der Waals surface area contributed by atoms with Crippen LogP contribution in [0.15, 0.2) is 41.8 Å². The molecule has 3 rings (SSSR count). The van der Waals surface area contributed by atoms with Crippen molar-refractivity contribution in [3.05, 3.63) is 57.8 Å². The zero-order valence-corrected chi connectivity index (χ0v) is 18.7. The van der Waals surface area contributed by atoms with Crippen molar-refractivity contribution in [1.82, 2.24) is 20.4 Å². The number of thiophene rings is 1. The molecule has 1 aliphatic rings. The van der Waals surface area contributed by atoms with Crippen LogP contribution in [0.4, 0.5) is 4.79 Å². The van der Waals surface area contributed by atoms with Gasteiger partial charge in [-0.05, 0) is 69.0 Å². The van der Waals surface area contributed by atoms with Crippen molar-refractivity contribution < 1.29 is 4.79 Å². The van der Waals surface area contributed by atoms with Crippen LogP contribution in [0.2, 0.25) is 0 Å². The molecular weight excluding hydrogens is 380 g/mol. The number of carbonyl (C=O) groups is 1. The minimum Gasteiger partial charge on any atom is -0.336 e. The predicted octanol–water partition coefficient (Wildman–Crippen LogP) is 4.05. The highest BCUT2D eigenvalue weighted by Crippen LogP contribution is 2.27. The van der Waals surface area contributed by atoms with Crippen LogP contribution >= 0.6 is 11.3 Å². The summed E-state index contributed by atoms with van der Waals surface area (Å²) in [4.78, 5) is 18.5. The Morgan fingerprint density at radius 2 is 1.79 bits per heavy atom. The molecule has 1 fully saturated rings. The highest BCUT2D eigenvalue weighted by molar-refractivity contribution is 7.10. The van der Waals surface area contributed by atoms with E-state index < -0.39 is 0 Å². The Hall–Kier alpha value is -1.89. The number of hydrogen-bond acceptors (Lipinski definition) is 4. The summed E-state index contributed by atoms with van der Waals surface area (Å²) >= 11 is 1.77. The molecule has 0 saturated carbocycles. The summed E-state index contributed by atoms with van der Waals surface area (Å²) in [6, 6.07) is 13.3. The molecule has 1 aromatic heterocycles. The maximum absolute atomic E-state index is 12.5. The van der Waals surface area contributed by atoms with Crippen molar-refractivity contribution in [1.29, 1.82) is 0 Å². The second-order valence-electron chi connectivity index (χ2n) is 7.94. The van der Waals surface area contributed by atoms with Crippen molar-refractivity contribution in [2.45, 2.75) is 38.3 Å². The molecule has 1 aromatic carbocycles. The van der Waals surface area contributed by atoms with Gasteiger partial charge < -0.3 is 15.5 Å². The third kappa shape index (κ3) is 6.04. The van der Waals surface area contributed by atoms with Crippen molar-refractivity contribution in [3.63, 3.8) is 0 Å². The Morgan fingerprint density at radius 3 is 2.38 bits per heavy atom. The van der Waals surface area contributed by atoms with Gasteiger partial charge in [-0.15, -0.1) is 11.3 Å². The van der Waals surface area contributed by atoms with E-state index in [1.165, 1.54) is 28.8 Å². The minimum atomic E-state index is -0.0946. The lowest BCUT2D eigenvalue weighted by Crippen LogP contribution is -2.43. The number of urea groups is 1. The molecule has 158 valence electrons. The van der Waals surface area contributed by atoms with E-state index in [0.29, 0.717) is 13.1 Å². The molecule has 0 radical (unpaired) electrons. The highest BCUT2D eigenvalue weighted by atomic mass is 32.1. The summed E-state index contributed by atoms with van der Waals surface area (Å²) in [6.07, 6.45) is 3.53. The number of rotatable bonds is 9. The van der Waals surface area contributed by atoms with E-state index in [4.69, 9.17) is 0 Å². The number of aryl methyl sites for hydroxylation is 1. The maximum atomic E-state index is 12.5. The lowest BCUT2D eigenvalue weighted by molar-refractivity contribution is 0.218. The topological polar surface area (TPSA) is 47.6 Å². The first-order valence-corrected chi connectivity index (χ1v) is 11.5. The largest absolute Gasteiger partial charge is 0.336 e. The summed E-state index contributed by atoms with van der Waals surface area (Å²) in [5, 5.41) is 8.30. The zero-order chi connectivity index (χ0) is 20.6. The summed E-state index contributed by atoms with van der Waals surface area (Å²) in [5.41, 5.74) is 2.56. The van der Waals surface area contributed by atoms with E-state index in [9.17, 15) is 4.79 Å². The highest BCUT2D eigenvalue weighted by Gasteiger charge is 2.25. The number of nitrogens with one attached hydrogen (secondary N) is 2. The molecule has 1 aliphatic heterocycles. The molecule has 5 nitrogen and oxygen atoms in total. The van der Waals surface area contributed by atoms with Gasteiger partial charge >= 0.3 is 6.03 Å².